The van der Waals surface area contributed by atoms with Gasteiger partial charge >= 0.3 is 6.18 Å². The van der Waals surface area contributed by atoms with Crippen molar-refractivity contribution in [2.24, 2.45) is 5.73 Å². The molecule has 18 heavy (non-hydrogen) atoms. The Balaban J connectivity index is 2.11. The van der Waals surface area contributed by atoms with E-state index in [1.807, 2.05) is 0 Å². The topological polar surface area (TPSA) is 85.4 Å². The minimum Gasteiger partial charge on any atom is -0.348 e. The van der Waals surface area contributed by atoms with Crippen LogP contribution in [0.4, 0.5) is 13.2 Å². The van der Waals surface area contributed by atoms with Crippen LogP contribution < -0.4 is 5.73 Å². The Kier molecular flexibility index (Phi) is 3.32. The molecule has 2 aromatic heterocycles. The quantitative estimate of drug-likeness (QED) is 0.851. The molecule has 1 atom stereocenters. The lowest BCUT2D eigenvalue weighted by atomic mass is 10.1. The number of alkyl halides is 3. The minimum atomic E-state index is -4.35. The van der Waals surface area contributed by atoms with E-state index in [0.29, 0.717) is 6.42 Å². The Hall–Kier alpha value is -1.90. The Bertz CT molecular complexity index is 489. The van der Waals surface area contributed by atoms with Crippen LogP contribution in [0.5, 0.6) is 0 Å². The lowest BCUT2D eigenvalue weighted by Crippen LogP contribution is -2.25. The van der Waals surface area contributed by atoms with Crippen LogP contribution in [0, 0.1) is 0 Å². The number of nitrogens with one attached hydrogen (secondary N) is 1. The predicted octanol–water partition coefficient (Wildman–Crippen LogP) is 0.806. The number of aromatic amines is 1. The van der Waals surface area contributed by atoms with E-state index in [0.717, 1.165) is 16.7 Å². The van der Waals surface area contributed by atoms with E-state index in [2.05, 4.69) is 20.1 Å². The Labute approximate surface area is 100 Å². The van der Waals surface area contributed by atoms with Gasteiger partial charge in [0, 0.05) is 18.3 Å². The summed E-state index contributed by atoms with van der Waals surface area (Å²) in [6.07, 6.45) is 0.0629. The molecule has 0 amide bonds. The summed E-state index contributed by atoms with van der Waals surface area (Å²) in [5.74, 6) is 0.0990. The van der Waals surface area contributed by atoms with E-state index < -0.39 is 18.8 Å². The van der Waals surface area contributed by atoms with E-state index in [4.69, 9.17) is 5.73 Å². The Morgan fingerprint density at radius 3 is 2.83 bits per heavy atom. The number of nitrogens with two attached hydrogens (primary N) is 1. The van der Waals surface area contributed by atoms with Crippen molar-refractivity contribution < 1.29 is 13.2 Å². The molecular formula is C9H11F3N6. The predicted molar refractivity (Wildman–Crippen MR) is 55.3 cm³/mol. The van der Waals surface area contributed by atoms with Crippen molar-refractivity contribution in [2.75, 3.05) is 0 Å². The van der Waals surface area contributed by atoms with E-state index >= 15 is 0 Å². The van der Waals surface area contributed by atoms with Crippen molar-refractivity contribution in [3.63, 3.8) is 0 Å². The first-order valence-electron chi connectivity index (χ1n) is 5.13. The largest absolute Gasteiger partial charge is 0.408 e. The highest BCUT2D eigenvalue weighted by atomic mass is 19.4. The second kappa shape index (κ2) is 4.77. The molecule has 0 aliphatic carbocycles. The average Bonchev–Trinajstić information content (AvgIpc) is 2.86. The zero-order valence-corrected chi connectivity index (χ0v) is 9.22. The lowest BCUT2D eigenvalue weighted by Gasteiger charge is -2.13. The van der Waals surface area contributed by atoms with E-state index in [1.165, 1.54) is 6.33 Å². The van der Waals surface area contributed by atoms with E-state index in [9.17, 15) is 13.2 Å². The molecule has 0 spiro atoms. The number of hydrogen-bond donors (Lipinski definition) is 2. The second-order valence-electron chi connectivity index (χ2n) is 3.78. The average molecular weight is 260 g/mol. The van der Waals surface area contributed by atoms with Crippen LogP contribution in [0.25, 0.3) is 0 Å². The van der Waals surface area contributed by atoms with Gasteiger partial charge in [0.25, 0.3) is 0 Å². The van der Waals surface area contributed by atoms with Gasteiger partial charge in [-0.05, 0) is 0 Å². The standard InChI is InChI=1S/C9H11F3N6/c10-9(11,12)3-18-8(16-5-17-18)7(13)1-6-2-14-4-15-6/h2,4-5,7H,1,3,13H2,(H,14,15)/t7-/m0/s1. The fourth-order valence-electron chi connectivity index (χ4n) is 1.58. The summed E-state index contributed by atoms with van der Waals surface area (Å²) in [4.78, 5) is 10.4. The highest BCUT2D eigenvalue weighted by Crippen LogP contribution is 2.19. The summed E-state index contributed by atoms with van der Waals surface area (Å²) in [6.45, 7) is -1.20. The molecule has 0 bridgehead atoms. The first-order chi connectivity index (χ1) is 8.46. The van der Waals surface area contributed by atoms with Crippen molar-refractivity contribution in [2.45, 2.75) is 25.2 Å². The number of H-pyrrole nitrogens is 1. The van der Waals surface area contributed by atoms with Crippen LogP contribution in [0.2, 0.25) is 0 Å². The number of nitrogens with zero attached hydrogens (tertiary/aromatic N) is 4. The molecule has 0 unspecified atom stereocenters. The summed E-state index contributed by atoms with van der Waals surface area (Å²) >= 11 is 0. The first-order valence-corrected chi connectivity index (χ1v) is 5.13. The number of imidazole rings is 1. The Morgan fingerprint density at radius 1 is 1.44 bits per heavy atom. The summed E-state index contributed by atoms with van der Waals surface area (Å²) in [6, 6.07) is -0.671. The fraction of sp³-hybridized carbons (Fsp3) is 0.444. The number of halogens is 3. The third kappa shape index (κ3) is 3.06. The van der Waals surface area contributed by atoms with E-state index in [1.54, 1.807) is 6.20 Å². The molecule has 0 radical (unpaired) electrons. The SMILES string of the molecule is N[C@@H](Cc1cnc[nH]1)c1ncnn1CC(F)(F)F. The smallest absolute Gasteiger partial charge is 0.348 e. The minimum absolute atomic E-state index is 0.0990. The molecule has 0 saturated heterocycles. The van der Waals surface area contributed by atoms with Crippen LogP contribution in [0.3, 0.4) is 0 Å². The van der Waals surface area contributed by atoms with Crippen molar-refractivity contribution in [1.82, 2.24) is 24.7 Å². The number of rotatable bonds is 4. The van der Waals surface area contributed by atoms with Crippen molar-refractivity contribution >= 4 is 0 Å². The fourth-order valence-corrected chi connectivity index (χ4v) is 1.58. The highest BCUT2D eigenvalue weighted by molar-refractivity contribution is 5.03. The van der Waals surface area contributed by atoms with Gasteiger partial charge in [0.2, 0.25) is 0 Å². The zero-order chi connectivity index (χ0) is 13.2. The van der Waals surface area contributed by atoms with Crippen LogP contribution in [-0.4, -0.2) is 30.9 Å². The zero-order valence-electron chi connectivity index (χ0n) is 9.22. The monoisotopic (exact) mass is 260 g/mol. The molecular weight excluding hydrogens is 249 g/mol. The van der Waals surface area contributed by atoms with Crippen LogP contribution in [0.15, 0.2) is 18.9 Å². The van der Waals surface area contributed by atoms with Gasteiger partial charge in [-0.3, -0.25) is 0 Å². The maximum absolute atomic E-state index is 12.3. The van der Waals surface area contributed by atoms with Crippen LogP contribution >= 0.6 is 0 Å². The molecule has 3 N–H and O–H groups in total. The maximum atomic E-state index is 12.3. The van der Waals surface area contributed by atoms with Crippen LogP contribution in [-0.2, 0) is 13.0 Å². The summed E-state index contributed by atoms with van der Waals surface area (Å²) in [5.41, 5.74) is 6.54. The summed E-state index contributed by atoms with van der Waals surface area (Å²) < 4.78 is 37.6. The van der Waals surface area contributed by atoms with Crippen molar-refractivity contribution in [1.29, 1.82) is 0 Å². The van der Waals surface area contributed by atoms with Gasteiger partial charge in [0.05, 0.1) is 12.4 Å². The normalized spacial score (nSPS) is 13.8. The molecule has 6 nitrogen and oxygen atoms in total. The molecule has 0 aromatic carbocycles. The van der Waals surface area contributed by atoms with Crippen molar-refractivity contribution in [3.8, 4) is 0 Å². The molecule has 98 valence electrons. The maximum Gasteiger partial charge on any atom is 0.408 e. The van der Waals surface area contributed by atoms with Crippen LogP contribution in [0.1, 0.15) is 17.6 Å². The third-order valence-corrected chi connectivity index (χ3v) is 2.30. The number of hydrogen-bond acceptors (Lipinski definition) is 4. The molecule has 0 fully saturated rings. The van der Waals surface area contributed by atoms with Gasteiger partial charge in [0.15, 0.2) is 0 Å². The summed E-state index contributed by atoms with van der Waals surface area (Å²) in [7, 11) is 0. The lowest BCUT2D eigenvalue weighted by molar-refractivity contribution is -0.143. The molecule has 0 saturated carbocycles. The molecule has 2 heterocycles. The first kappa shape index (κ1) is 12.6. The van der Waals surface area contributed by atoms with Crippen molar-refractivity contribution in [3.05, 3.63) is 30.4 Å². The summed E-state index contributed by atoms with van der Waals surface area (Å²) in [5, 5.41) is 3.53. The van der Waals surface area contributed by atoms with Gasteiger partial charge in [-0.25, -0.2) is 14.6 Å². The molecule has 2 aromatic rings. The molecule has 0 aliphatic heterocycles. The highest BCUT2D eigenvalue weighted by Gasteiger charge is 2.30. The second-order valence-corrected chi connectivity index (χ2v) is 3.78. The molecule has 2 rings (SSSR count). The number of aromatic nitrogens is 5. The molecule has 9 heteroatoms. The van der Waals surface area contributed by atoms with Gasteiger partial charge in [-0.2, -0.15) is 18.3 Å². The van der Waals surface area contributed by atoms with Gasteiger partial charge < -0.3 is 10.7 Å². The van der Waals surface area contributed by atoms with Gasteiger partial charge in [-0.15, -0.1) is 0 Å². The third-order valence-electron chi connectivity index (χ3n) is 2.30. The van der Waals surface area contributed by atoms with Gasteiger partial charge in [-0.1, -0.05) is 0 Å². The molecule has 0 aliphatic rings. The van der Waals surface area contributed by atoms with E-state index in [-0.39, 0.29) is 5.82 Å². The Morgan fingerprint density at radius 2 is 2.22 bits per heavy atom. The van der Waals surface area contributed by atoms with Gasteiger partial charge in [0.1, 0.15) is 18.7 Å².